The molecule has 0 amide bonds. The van der Waals surface area contributed by atoms with E-state index in [0.29, 0.717) is 18.0 Å². The highest BCUT2D eigenvalue weighted by molar-refractivity contribution is 5.98. The van der Waals surface area contributed by atoms with Gasteiger partial charge in [0, 0.05) is 5.71 Å². The summed E-state index contributed by atoms with van der Waals surface area (Å²) in [5.41, 5.74) is 1.07. The number of hydrogen-bond donors (Lipinski definition) is 1. The molecular weight excluding hydrogens is 206 g/mol. The number of aromatic hydroxyl groups is 1. The number of phenolic OH excluding ortho intramolecular Hbond substituents is 1. The van der Waals surface area contributed by atoms with Crippen molar-refractivity contribution < 1.29 is 14.6 Å². The summed E-state index contributed by atoms with van der Waals surface area (Å²) in [4.78, 5) is 15.3. The Morgan fingerprint density at radius 3 is 2.75 bits per heavy atom. The van der Waals surface area contributed by atoms with E-state index in [2.05, 4.69) is 4.99 Å². The molecule has 0 bridgehead atoms. The lowest BCUT2D eigenvalue weighted by Gasteiger charge is -2.02. The molecule has 0 aliphatic rings. The number of carbonyl (C=O) groups excluding carboxylic acids is 1. The van der Waals surface area contributed by atoms with Gasteiger partial charge in [-0.1, -0.05) is 12.1 Å². The molecule has 86 valence electrons. The number of aliphatic imine (C=N–C) groups is 1. The fourth-order valence-electron chi connectivity index (χ4n) is 1.22. The average Bonchev–Trinajstić information content (AvgIpc) is 2.21. The van der Waals surface area contributed by atoms with Gasteiger partial charge in [-0.25, -0.2) is 0 Å². The largest absolute Gasteiger partial charge is 0.506 e. The fourth-order valence-corrected chi connectivity index (χ4v) is 1.22. The number of rotatable bonds is 4. The van der Waals surface area contributed by atoms with Gasteiger partial charge in [0.05, 0.1) is 13.0 Å². The molecule has 0 atom stereocenters. The van der Waals surface area contributed by atoms with Crippen molar-refractivity contribution in [1.82, 2.24) is 0 Å². The van der Waals surface area contributed by atoms with Crippen LogP contribution in [0.3, 0.4) is 0 Å². The monoisotopic (exact) mass is 221 g/mol. The number of esters is 1. The second-order valence-electron chi connectivity index (χ2n) is 3.32. The Labute approximate surface area is 94.6 Å². The molecule has 0 unspecified atom stereocenters. The molecule has 1 rings (SSSR count). The molecule has 1 aromatic rings. The lowest BCUT2D eigenvalue weighted by atomic mass is 10.2. The topological polar surface area (TPSA) is 58.9 Å². The van der Waals surface area contributed by atoms with Crippen molar-refractivity contribution in [1.29, 1.82) is 0 Å². The highest BCUT2D eigenvalue weighted by atomic mass is 16.5. The molecule has 0 aliphatic heterocycles. The first-order valence-electron chi connectivity index (χ1n) is 5.11. The molecular formula is C12H15NO3. The van der Waals surface area contributed by atoms with Crippen molar-refractivity contribution in [3.05, 3.63) is 24.3 Å². The maximum atomic E-state index is 11.2. The van der Waals surface area contributed by atoms with Crippen molar-refractivity contribution in [2.24, 2.45) is 4.99 Å². The molecule has 0 fully saturated rings. The van der Waals surface area contributed by atoms with E-state index >= 15 is 0 Å². The van der Waals surface area contributed by atoms with E-state index in [4.69, 9.17) is 4.74 Å². The third-order valence-electron chi connectivity index (χ3n) is 1.90. The molecule has 1 N–H and O–H groups in total. The van der Waals surface area contributed by atoms with Gasteiger partial charge < -0.3 is 9.84 Å². The normalized spacial score (nSPS) is 11.2. The first-order chi connectivity index (χ1) is 7.63. The maximum Gasteiger partial charge on any atom is 0.311 e. The minimum Gasteiger partial charge on any atom is -0.506 e. The molecule has 0 saturated carbocycles. The first kappa shape index (κ1) is 12.2. The van der Waals surface area contributed by atoms with Crippen LogP contribution in [-0.4, -0.2) is 23.4 Å². The van der Waals surface area contributed by atoms with Crippen LogP contribution in [0, 0.1) is 0 Å². The molecule has 0 heterocycles. The van der Waals surface area contributed by atoms with Crippen LogP contribution in [-0.2, 0) is 9.53 Å². The van der Waals surface area contributed by atoms with E-state index in [1.165, 1.54) is 0 Å². The number of carbonyl (C=O) groups is 1. The number of nitrogens with zero attached hydrogens (tertiary/aromatic N) is 1. The molecule has 1 aromatic carbocycles. The van der Waals surface area contributed by atoms with Gasteiger partial charge in [-0.05, 0) is 26.0 Å². The van der Waals surface area contributed by atoms with Gasteiger partial charge in [-0.2, -0.15) is 0 Å². The molecule has 4 heteroatoms. The van der Waals surface area contributed by atoms with Crippen LogP contribution in [0.1, 0.15) is 20.3 Å². The minimum absolute atomic E-state index is 0.103. The summed E-state index contributed by atoms with van der Waals surface area (Å²) in [5.74, 6) is -0.204. The molecule has 4 nitrogen and oxygen atoms in total. The van der Waals surface area contributed by atoms with Gasteiger partial charge in [0.15, 0.2) is 0 Å². The average molecular weight is 221 g/mol. The van der Waals surface area contributed by atoms with Crippen LogP contribution in [0.25, 0.3) is 0 Å². The predicted octanol–water partition coefficient (Wildman–Crippen LogP) is 2.44. The third kappa shape index (κ3) is 3.73. The Hall–Kier alpha value is -1.84. The summed E-state index contributed by atoms with van der Waals surface area (Å²) in [6.07, 6.45) is 0.141. The van der Waals surface area contributed by atoms with Crippen LogP contribution in [0.4, 0.5) is 5.69 Å². The van der Waals surface area contributed by atoms with Crippen molar-refractivity contribution in [2.75, 3.05) is 6.61 Å². The van der Waals surface area contributed by atoms with Crippen LogP contribution in [0.5, 0.6) is 5.75 Å². The van der Waals surface area contributed by atoms with Gasteiger partial charge in [0.2, 0.25) is 0 Å². The van der Waals surface area contributed by atoms with Crippen LogP contribution in [0.2, 0.25) is 0 Å². The molecule has 0 aromatic heterocycles. The lowest BCUT2D eigenvalue weighted by molar-refractivity contribution is -0.141. The third-order valence-corrected chi connectivity index (χ3v) is 1.90. The Bertz CT molecular complexity index is 399. The zero-order valence-electron chi connectivity index (χ0n) is 9.43. The number of ether oxygens (including phenoxy) is 1. The van der Waals surface area contributed by atoms with Crippen LogP contribution in [0.15, 0.2) is 29.3 Å². The zero-order valence-corrected chi connectivity index (χ0v) is 9.43. The Morgan fingerprint density at radius 2 is 2.12 bits per heavy atom. The minimum atomic E-state index is -0.306. The lowest BCUT2D eigenvalue weighted by Crippen LogP contribution is -2.08. The summed E-state index contributed by atoms with van der Waals surface area (Å²) < 4.78 is 4.80. The zero-order chi connectivity index (χ0) is 12.0. The van der Waals surface area contributed by atoms with Gasteiger partial charge >= 0.3 is 5.97 Å². The number of hydrogen-bond acceptors (Lipinski definition) is 4. The second kappa shape index (κ2) is 5.90. The summed E-state index contributed by atoms with van der Waals surface area (Å²) in [5, 5.41) is 9.47. The van der Waals surface area contributed by atoms with Gasteiger partial charge in [0.1, 0.15) is 11.4 Å². The van der Waals surface area contributed by atoms with Gasteiger partial charge in [0.25, 0.3) is 0 Å². The summed E-state index contributed by atoms with van der Waals surface area (Å²) in [7, 11) is 0. The van der Waals surface area contributed by atoms with E-state index < -0.39 is 0 Å². The smallest absolute Gasteiger partial charge is 0.311 e. The van der Waals surface area contributed by atoms with E-state index in [9.17, 15) is 9.90 Å². The van der Waals surface area contributed by atoms with Crippen LogP contribution >= 0.6 is 0 Å². The molecule has 0 saturated heterocycles. The maximum absolute atomic E-state index is 11.2. The predicted molar refractivity (Wildman–Crippen MR) is 62.1 cm³/mol. The van der Waals surface area contributed by atoms with Gasteiger partial charge in [-0.15, -0.1) is 0 Å². The quantitative estimate of drug-likeness (QED) is 0.627. The first-order valence-corrected chi connectivity index (χ1v) is 5.11. The van der Waals surface area contributed by atoms with Gasteiger partial charge in [-0.3, -0.25) is 9.79 Å². The highest BCUT2D eigenvalue weighted by Gasteiger charge is 2.05. The van der Waals surface area contributed by atoms with Crippen LogP contribution < -0.4 is 0 Å². The van der Waals surface area contributed by atoms with E-state index in [-0.39, 0.29) is 18.1 Å². The summed E-state index contributed by atoms with van der Waals surface area (Å²) in [6.45, 7) is 3.85. The molecule has 0 aliphatic carbocycles. The highest BCUT2D eigenvalue weighted by Crippen LogP contribution is 2.25. The Morgan fingerprint density at radius 1 is 1.44 bits per heavy atom. The molecule has 16 heavy (non-hydrogen) atoms. The van der Waals surface area contributed by atoms with Crippen molar-refractivity contribution >= 4 is 17.4 Å². The Kier molecular flexibility index (Phi) is 4.51. The van der Waals surface area contributed by atoms with E-state index in [1.807, 2.05) is 0 Å². The standard InChI is InChI=1S/C12H15NO3/c1-3-16-12(15)8-9(2)13-10-6-4-5-7-11(10)14/h4-7,14H,3,8H2,1-2H3. The van der Waals surface area contributed by atoms with E-state index in [0.717, 1.165) is 0 Å². The summed E-state index contributed by atoms with van der Waals surface area (Å²) >= 11 is 0. The second-order valence-corrected chi connectivity index (χ2v) is 3.32. The molecule has 0 spiro atoms. The fraction of sp³-hybridized carbons (Fsp3) is 0.333. The van der Waals surface area contributed by atoms with Crippen molar-refractivity contribution in [3.8, 4) is 5.75 Å². The molecule has 0 radical (unpaired) electrons. The number of phenols is 1. The van der Waals surface area contributed by atoms with E-state index in [1.54, 1.807) is 38.1 Å². The summed E-state index contributed by atoms with van der Waals surface area (Å²) in [6, 6.07) is 6.73. The Balaban J connectivity index is 2.70. The number of para-hydroxylation sites is 2. The van der Waals surface area contributed by atoms with Crippen molar-refractivity contribution in [3.63, 3.8) is 0 Å². The van der Waals surface area contributed by atoms with Crippen molar-refractivity contribution in [2.45, 2.75) is 20.3 Å². The SMILES string of the molecule is CCOC(=O)CC(C)=Nc1ccccc1O. The number of benzene rings is 1.